The topological polar surface area (TPSA) is 9.86 Å². The highest BCUT2D eigenvalue weighted by Gasteiger charge is 2.18. The molecule has 2 aromatic heterocycles. The molecule has 0 atom stereocenters. The quantitative estimate of drug-likeness (QED) is 0.464. The zero-order chi connectivity index (χ0) is 15.4. The van der Waals surface area contributed by atoms with Gasteiger partial charge >= 0.3 is 0 Å². The lowest BCUT2D eigenvalue weighted by atomic mass is 10.1. The van der Waals surface area contributed by atoms with E-state index < -0.39 is 0 Å². The van der Waals surface area contributed by atoms with E-state index in [0.29, 0.717) is 0 Å². The van der Waals surface area contributed by atoms with Crippen molar-refractivity contribution in [3.05, 3.63) is 65.5 Å². The number of aryl methyl sites for hydroxylation is 4. The molecule has 2 aromatic carbocycles. The SMILES string of the molecule is Cc1cccc(C)c1-n1c2ccccc2c2cn(C)c(C)c21. The number of rotatable bonds is 1. The number of fused-ring (bicyclic) bond motifs is 3. The van der Waals surface area contributed by atoms with Crippen LogP contribution in [0.4, 0.5) is 0 Å². The molecule has 0 bridgehead atoms. The molecule has 4 aromatic rings. The molecule has 0 aliphatic heterocycles. The van der Waals surface area contributed by atoms with Gasteiger partial charge in [0, 0.05) is 29.7 Å². The molecule has 0 saturated heterocycles. The highest BCUT2D eigenvalue weighted by Crippen LogP contribution is 2.36. The number of benzene rings is 2. The fourth-order valence-corrected chi connectivity index (χ4v) is 3.60. The van der Waals surface area contributed by atoms with Gasteiger partial charge < -0.3 is 9.13 Å². The van der Waals surface area contributed by atoms with Crippen LogP contribution in [0.1, 0.15) is 16.8 Å². The average Bonchev–Trinajstić information content (AvgIpc) is 2.96. The van der Waals surface area contributed by atoms with Crippen molar-refractivity contribution >= 4 is 21.8 Å². The van der Waals surface area contributed by atoms with Gasteiger partial charge in [0.2, 0.25) is 0 Å². The first-order valence-electron chi connectivity index (χ1n) is 7.71. The van der Waals surface area contributed by atoms with Crippen LogP contribution in [0.5, 0.6) is 0 Å². The van der Waals surface area contributed by atoms with Gasteiger partial charge in [0.1, 0.15) is 0 Å². The van der Waals surface area contributed by atoms with E-state index in [1.165, 1.54) is 44.3 Å². The van der Waals surface area contributed by atoms with Crippen LogP contribution in [-0.2, 0) is 7.05 Å². The first kappa shape index (κ1) is 13.2. The summed E-state index contributed by atoms with van der Waals surface area (Å²) in [5.74, 6) is 0. The van der Waals surface area contributed by atoms with Gasteiger partial charge in [-0.25, -0.2) is 0 Å². The summed E-state index contributed by atoms with van der Waals surface area (Å²) in [6.45, 7) is 6.59. The monoisotopic (exact) mass is 288 g/mol. The smallest absolute Gasteiger partial charge is 0.0747 e. The summed E-state index contributed by atoms with van der Waals surface area (Å²) in [5.41, 5.74) is 7.84. The normalized spacial score (nSPS) is 11.6. The Labute approximate surface area is 130 Å². The van der Waals surface area contributed by atoms with Crippen molar-refractivity contribution in [1.82, 2.24) is 9.13 Å². The lowest BCUT2D eigenvalue weighted by Crippen LogP contribution is -2.01. The molecule has 0 amide bonds. The van der Waals surface area contributed by atoms with E-state index in [9.17, 15) is 0 Å². The lowest BCUT2D eigenvalue weighted by Gasteiger charge is -2.14. The summed E-state index contributed by atoms with van der Waals surface area (Å²) < 4.78 is 4.66. The molecule has 0 fully saturated rings. The van der Waals surface area contributed by atoms with Crippen molar-refractivity contribution in [3.63, 3.8) is 0 Å². The Balaban J connectivity index is 2.29. The first-order valence-corrected chi connectivity index (χ1v) is 7.71. The summed E-state index contributed by atoms with van der Waals surface area (Å²) in [6, 6.07) is 15.2. The maximum atomic E-state index is 2.44. The molecule has 2 heterocycles. The van der Waals surface area contributed by atoms with Gasteiger partial charge in [-0.1, -0.05) is 36.4 Å². The number of aromatic nitrogens is 2. The number of hydrogen-bond acceptors (Lipinski definition) is 0. The third-order valence-corrected chi connectivity index (χ3v) is 4.77. The van der Waals surface area contributed by atoms with Gasteiger partial charge in [-0.15, -0.1) is 0 Å². The zero-order valence-corrected chi connectivity index (χ0v) is 13.5. The second-order valence-corrected chi connectivity index (χ2v) is 6.18. The van der Waals surface area contributed by atoms with Crippen LogP contribution in [0, 0.1) is 20.8 Å². The van der Waals surface area contributed by atoms with Crippen molar-refractivity contribution in [1.29, 1.82) is 0 Å². The second-order valence-electron chi connectivity index (χ2n) is 6.18. The fourth-order valence-electron chi connectivity index (χ4n) is 3.60. The highest BCUT2D eigenvalue weighted by molar-refractivity contribution is 6.10. The van der Waals surface area contributed by atoms with E-state index in [1.807, 2.05) is 0 Å². The van der Waals surface area contributed by atoms with E-state index in [2.05, 4.69) is 85.6 Å². The Bertz CT molecular complexity index is 995. The number of hydrogen-bond donors (Lipinski definition) is 0. The summed E-state index contributed by atoms with van der Waals surface area (Å²) in [7, 11) is 2.12. The predicted octanol–water partition coefficient (Wildman–Crippen LogP) is 5.05. The third-order valence-electron chi connectivity index (χ3n) is 4.77. The fraction of sp³-hybridized carbons (Fsp3) is 0.200. The van der Waals surface area contributed by atoms with Gasteiger partial charge in [-0.05, 0) is 38.0 Å². The van der Waals surface area contributed by atoms with Crippen molar-refractivity contribution in [2.45, 2.75) is 20.8 Å². The summed E-state index contributed by atoms with van der Waals surface area (Å²) in [4.78, 5) is 0. The Morgan fingerprint density at radius 2 is 1.45 bits per heavy atom. The molecule has 0 spiro atoms. The molecule has 22 heavy (non-hydrogen) atoms. The molecule has 2 nitrogen and oxygen atoms in total. The molecule has 110 valence electrons. The first-order chi connectivity index (χ1) is 10.6. The molecule has 0 saturated carbocycles. The molecule has 0 radical (unpaired) electrons. The molecule has 0 N–H and O–H groups in total. The van der Waals surface area contributed by atoms with Gasteiger partial charge in [-0.2, -0.15) is 0 Å². The third kappa shape index (κ3) is 1.61. The van der Waals surface area contributed by atoms with E-state index in [0.717, 1.165) is 0 Å². The minimum atomic E-state index is 1.29. The van der Waals surface area contributed by atoms with Crippen LogP contribution >= 0.6 is 0 Å². The Morgan fingerprint density at radius 3 is 2.18 bits per heavy atom. The van der Waals surface area contributed by atoms with Crippen LogP contribution in [0.3, 0.4) is 0 Å². The van der Waals surface area contributed by atoms with Crippen molar-refractivity contribution < 1.29 is 0 Å². The lowest BCUT2D eigenvalue weighted by molar-refractivity contribution is 0.883. The molecular formula is C20H20N2. The van der Waals surface area contributed by atoms with Crippen molar-refractivity contribution in [2.75, 3.05) is 0 Å². The average molecular weight is 288 g/mol. The Morgan fingerprint density at radius 1 is 0.773 bits per heavy atom. The highest BCUT2D eigenvalue weighted by atomic mass is 15.0. The van der Waals surface area contributed by atoms with Crippen LogP contribution in [0.2, 0.25) is 0 Å². The maximum absolute atomic E-state index is 2.44. The standard InChI is InChI=1S/C20H20N2/c1-13-8-7-9-14(2)19(13)22-18-11-6-5-10-16(18)17-12-21(4)15(3)20(17)22/h5-12H,1-4H3. The molecular weight excluding hydrogens is 268 g/mol. The minimum absolute atomic E-state index is 1.29. The van der Waals surface area contributed by atoms with Crippen molar-refractivity contribution in [2.24, 2.45) is 7.05 Å². The van der Waals surface area contributed by atoms with Crippen LogP contribution < -0.4 is 0 Å². The van der Waals surface area contributed by atoms with Gasteiger partial charge in [0.15, 0.2) is 0 Å². The molecule has 2 heteroatoms. The second kappa shape index (κ2) is 4.51. The minimum Gasteiger partial charge on any atom is -0.352 e. The Hall–Kier alpha value is -2.48. The Kier molecular flexibility index (Phi) is 2.70. The predicted molar refractivity (Wildman–Crippen MR) is 94.0 cm³/mol. The zero-order valence-electron chi connectivity index (χ0n) is 13.5. The van der Waals surface area contributed by atoms with E-state index in [-0.39, 0.29) is 0 Å². The van der Waals surface area contributed by atoms with Crippen LogP contribution in [-0.4, -0.2) is 9.13 Å². The van der Waals surface area contributed by atoms with Gasteiger partial charge in [0.25, 0.3) is 0 Å². The van der Waals surface area contributed by atoms with E-state index >= 15 is 0 Å². The molecule has 4 rings (SSSR count). The summed E-state index contributed by atoms with van der Waals surface area (Å²) >= 11 is 0. The van der Waals surface area contributed by atoms with Gasteiger partial charge in [-0.3, -0.25) is 0 Å². The van der Waals surface area contributed by atoms with E-state index in [1.54, 1.807) is 0 Å². The summed E-state index contributed by atoms with van der Waals surface area (Å²) in [6.07, 6.45) is 2.25. The maximum Gasteiger partial charge on any atom is 0.0747 e. The van der Waals surface area contributed by atoms with Crippen LogP contribution in [0.25, 0.3) is 27.5 Å². The summed E-state index contributed by atoms with van der Waals surface area (Å²) in [5, 5.41) is 2.65. The van der Waals surface area contributed by atoms with Crippen molar-refractivity contribution in [3.8, 4) is 5.69 Å². The molecule has 0 unspecified atom stereocenters. The number of nitrogens with zero attached hydrogens (tertiary/aromatic N) is 2. The molecule has 0 aliphatic rings. The van der Waals surface area contributed by atoms with E-state index in [4.69, 9.17) is 0 Å². The molecule has 0 aliphatic carbocycles. The number of para-hydroxylation sites is 2. The largest absolute Gasteiger partial charge is 0.352 e. The van der Waals surface area contributed by atoms with Gasteiger partial charge in [0.05, 0.1) is 16.7 Å². The van der Waals surface area contributed by atoms with Crippen LogP contribution in [0.15, 0.2) is 48.7 Å².